The van der Waals surface area contributed by atoms with Crippen LogP contribution >= 0.6 is 0 Å². The van der Waals surface area contributed by atoms with Crippen molar-refractivity contribution in [1.29, 1.82) is 0 Å². The van der Waals surface area contributed by atoms with Gasteiger partial charge in [-0.05, 0) is 52.2 Å². The molecule has 0 aromatic carbocycles. The van der Waals surface area contributed by atoms with Gasteiger partial charge in [0.2, 0.25) is 0 Å². The molecule has 0 radical (unpaired) electrons. The van der Waals surface area contributed by atoms with Gasteiger partial charge in [0.05, 0.1) is 5.20 Å². The van der Waals surface area contributed by atoms with Gasteiger partial charge in [0, 0.05) is 5.57 Å². The lowest BCUT2D eigenvalue weighted by molar-refractivity contribution is -0.238. The third kappa shape index (κ3) is 11.2. The van der Waals surface area contributed by atoms with Gasteiger partial charge in [0.1, 0.15) is 0 Å². The topological polar surface area (TPSA) is 71.1 Å². The van der Waals surface area contributed by atoms with E-state index in [0.717, 1.165) is 0 Å². The van der Waals surface area contributed by atoms with Gasteiger partial charge in [-0.25, -0.2) is 18.4 Å². The summed E-state index contributed by atoms with van der Waals surface area (Å²) in [6.45, 7) is 8.27. The van der Waals surface area contributed by atoms with E-state index in [4.69, 9.17) is 8.23 Å². The summed E-state index contributed by atoms with van der Waals surface area (Å²) in [7, 11) is -9.40. The highest BCUT2D eigenvalue weighted by Crippen LogP contribution is 2.34. The van der Waals surface area contributed by atoms with Crippen LogP contribution < -0.4 is 0 Å². The number of carbonyl (C=O) groups is 2. The van der Waals surface area contributed by atoms with Crippen molar-refractivity contribution in [2.24, 2.45) is 0 Å². The lowest BCUT2D eigenvalue weighted by atomic mass is 10.1. The molecule has 0 heterocycles. The van der Waals surface area contributed by atoms with Crippen LogP contribution in [0.1, 0.15) is 19.8 Å². The summed E-state index contributed by atoms with van der Waals surface area (Å²) in [5, 5.41) is -0.831. The number of esters is 2. The second-order valence-corrected chi connectivity index (χ2v) is 21.8. The Hall–Kier alpha value is -1.17. The van der Waals surface area contributed by atoms with E-state index in [0.29, 0.717) is 0 Å². The maximum Gasteiger partial charge on any atom is 0.429 e. The van der Waals surface area contributed by atoms with Gasteiger partial charge in [-0.15, -0.1) is 0 Å². The number of alkyl halides is 6. The molecule has 0 N–H and O–H groups in total. The second-order valence-electron chi connectivity index (χ2n) is 9.30. The van der Waals surface area contributed by atoms with E-state index in [9.17, 15) is 35.9 Å². The number of rotatable bonds is 13. The van der Waals surface area contributed by atoms with Crippen LogP contribution in [0, 0.1) is 0 Å². The van der Waals surface area contributed by atoms with Crippen molar-refractivity contribution in [2.45, 2.75) is 77.8 Å². The Labute approximate surface area is 193 Å². The molecule has 0 aliphatic carbocycles. The SMILES string of the molecule is CCC/C(C(=O)OC(F)(F)CF)=C(\C(=O)OC(F)(F)CF)[Si](C)(O[Si](C)(C)C)O[Si](C)(C)C. The number of carbonyl (C=O) groups excluding carboxylic acids is 2. The molecule has 0 atom stereocenters. The van der Waals surface area contributed by atoms with Crippen LogP contribution in [-0.2, 0) is 27.3 Å². The van der Waals surface area contributed by atoms with Crippen molar-refractivity contribution in [3.63, 3.8) is 0 Å². The maximum absolute atomic E-state index is 13.6. The highest BCUT2D eigenvalue weighted by molar-refractivity contribution is 6.93. The molecule has 0 aromatic rings. The predicted molar refractivity (Wildman–Crippen MR) is 116 cm³/mol. The Balaban J connectivity index is 7.15. The summed E-state index contributed by atoms with van der Waals surface area (Å²) in [6.07, 6.45) is -9.41. The molecule has 0 unspecified atom stereocenters. The average molecular weight is 543 g/mol. The molecule has 0 saturated heterocycles. The van der Waals surface area contributed by atoms with Crippen LogP contribution in [0.15, 0.2) is 10.8 Å². The summed E-state index contributed by atoms with van der Waals surface area (Å²) >= 11 is 0. The molecule has 0 saturated carbocycles. The number of hydrogen-bond acceptors (Lipinski definition) is 6. The molecule has 15 heteroatoms. The van der Waals surface area contributed by atoms with Gasteiger partial charge >= 0.3 is 32.7 Å². The van der Waals surface area contributed by atoms with E-state index in [-0.39, 0.29) is 6.42 Å². The fourth-order valence-corrected chi connectivity index (χ4v) is 14.8. The standard InChI is InChI=1S/C18H32F6O6Si3/c1-9-10-13(15(25)27-17(21,22)11-19)14(16(26)28-18(23,24)12-20)33(8,29-31(2,3)4)30-32(5,6)7/h9-12H2,1-8H3/b14-13-. The maximum atomic E-state index is 13.6. The average Bonchev–Trinajstić information content (AvgIpc) is 2.56. The normalized spacial score (nSPS) is 14.6. The highest BCUT2D eigenvalue weighted by atomic mass is 28.5. The van der Waals surface area contributed by atoms with Crippen molar-refractivity contribution in [1.82, 2.24) is 0 Å². The van der Waals surface area contributed by atoms with Gasteiger partial charge in [-0.1, -0.05) is 13.3 Å². The van der Waals surface area contributed by atoms with E-state index in [1.54, 1.807) is 39.3 Å². The van der Waals surface area contributed by atoms with Gasteiger partial charge in [-0.3, -0.25) is 0 Å². The van der Waals surface area contributed by atoms with Crippen molar-refractivity contribution in [3.8, 4) is 0 Å². The monoisotopic (exact) mass is 542 g/mol. The zero-order chi connectivity index (χ0) is 26.5. The zero-order valence-electron chi connectivity index (χ0n) is 20.0. The fraction of sp³-hybridized carbons (Fsp3) is 0.778. The molecule has 0 aliphatic rings. The minimum Gasteiger partial charge on any atom is -0.433 e. The van der Waals surface area contributed by atoms with Crippen LogP contribution in [0.25, 0.3) is 0 Å². The molecule has 0 aromatic heterocycles. The Morgan fingerprint density at radius 1 is 0.727 bits per heavy atom. The van der Waals surface area contributed by atoms with Crippen LogP contribution in [0.3, 0.4) is 0 Å². The van der Waals surface area contributed by atoms with E-state index < -0.39 is 79.9 Å². The molecule has 6 nitrogen and oxygen atoms in total. The van der Waals surface area contributed by atoms with Crippen LogP contribution in [0.4, 0.5) is 26.3 Å². The smallest absolute Gasteiger partial charge is 0.429 e. The summed E-state index contributed by atoms with van der Waals surface area (Å²) in [6, 6.07) is 0. The molecule has 0 rings (SSSR count). The van der Waals surface area contributed by atoms with Gasteiger partial charge < -0.3 is 17.7 Å². The molecule has 0 spiro atoms. The minimum atomic E-state index is -4.56. The fourth-order valence-electron chi connectivity index (χ4n) is 2.89. The Morgan fingerprint density at radius 3 is 1.39 bits per heavy atom. The van der Waals surface area contributed by atoms with Crippen LogP contribution in [-0.4, -0.2) is 62.7 Å². The third-order valence-electron chi connectivity index (χ3n) is 3.50. The summed E-state index contributed by atoms with van der Waals surface area (Å²) < 4.78 is 99.5. The van der Waals surface area contributed by atoms with Crippen molar-refractivity contribution in [3.05, 3.63) is 10.8 Å². The summed E-state index contributed by atoms with van der Waals surface area (Å²) in [4.78, 5) is 25.5. The number of ether oxygens (including phenoxy) is 2. The van der Waals surface area contributed by atoms with E-state index in [1.165, 1.54) is 13.5 Å². The van der Waals surface area contributed by atoms with Crippen molar-refractivity contribution >= 4 is 37.1 Å². The van der Waals surface area contributed by atoms with E-state index >= 15 is 0 Å². The lowest BCUT2D eigenvalue weighted by Gasteiger charge is -2.39. The summed E-state index contributed by atoms with van der Waals surface area (Å²) in [5.41, 5.74) is -0.768. The molecule has 0 aliphatic heterocycles. The molecule has 0 amide bonds. The van der Waals surface area contributed by atoms with E-state index in [1.807, 2.05) is 0 Å². The quantitative estimate of drug-likeness (QED) is 0.130. The zero-order valence-corrected chi connectivity index (χ0v) is 23.0. The molecule has 194 valence electrons. The van der Waals surface area contributed by atoms with Gasteiger partial charge in [-0.2, -0.15) is 17.6 Å². The predicted octanol–water partition coefficient (Wildman–Crippen LogP) is 5.61. The molecule has 0 fully saturated rings. The molecule has 0 bridgehead atoms. The molecular weight excluding hydrogens is 510 g/mol. The van der Waals surface area contributed by atoms with Crippen molar-refractivity contribution < 1.29 is 53.6 Å². The Kier molecular flexibility index (Phi) is 11.1. The highest BCUT2D eigenvalue weighted by Gasteiger charge is 2.52. The van der Waals surface area contributed by atoms with Gasteiger partial charge in [0.25, 0.3) is 0 Å². The van der Waals surface area contributed by atoms with Gasteiger partial charge in [0.15, 0.2) is 30.0 Å². The second kappa shape index (κ2) is 11.5. The molecular formula is C18H32F6O6Si3. The number of hydrogen-bond donors (Lipinski definition) is 0. The largest absolute Gasteiger partial charge is 0.433 e. The van der Waals surface area contributed by atoms with E-state index in [2.05, 4.69) is 9.47 Å². The number of halogens is 6. The third-order valence-corrected chi connectivity index (χ3v) is 12.9. The first-order valence-electron chi connectivity index (χ1n) is 10.1. The van der Waals surface area contributed by atoms with Crippen LogP contribution in [0.2, 0.25) is 45.8 Å². The lowest BCUT2D eigenvalue weighted by Crippen LogP contribution is -2.57. The first kappa shape index (κ1) is 31.8. The summed E-state index contributed by atoms with van der Waals surface area (Å²) in [5.74, 6) is -3.67. The van der Waals surface area contributed by atoms with Crippen LogP contribution in [0.5, 0.6) is 0 Å². The van der Waals surface area contributed by atoms with Crippen molar-refractivity contribution in [2.75, 3.05) is 13.3 Å². The first-order valence-corrected chi connectivity index (χ1v) is 19.2. The Bertz CT molecular complexity index is 718. The molecule has 33 heavy (non-hydrogen) atoms. The first-order chi connectivity index (χ1) is 14.6. The minimum absolute atomic E-state index is 0.0757. The Morgan fingerprint density at radius 2 is 1.09 bits per heavy atom.